The number of imide groups is 1. The Balaban J connectivity index is 0.00000280. The highest BCUT2D eigenvalue weighted by molar-refractivity contribution is 6.09. The number of nitrogens with one attached hydrogen (secondary N) is 3. The second kappa shape index (κ2) is 8.79. The van der Waals surface area contributed by atoms with E-state index in [1.54, 1.807) is 38.3 Å². The molecule has 2 fully saturated rings. The molecule has 3 N–H and O–H groups in total. The number of amides is 4. The fourth-order valence-electron chi connectivity index (χ4n) is 3.64. The van der Waals surface area contributed by atoms with E-state index in [2.05, 4.69) is 22.9 Å². The minimum atomic E-state index is -1.20. The van der Waals surface area contributed by atoms with Crippen molar-refractivity contribution >= 4 is 30.3 Å². The maximum absolute atomic E-state index is 12.9. The van der Waals surface area contributed by atoms with E-state index in [4.69, 9.17) is 4.74 Å². The number of hydrogen-bond donors (Lipinski definition) is 3. The van der Waals surface area contributed by atoms with E-state index in [9.17, 15) is 14.4 Å². The molecule has 3 rings (SSSR count). The van der Waals surface area contributed by atoms with Crippen molar-refractivity contribution < 1.29 is 19.1 Å². The van der Waals surface area contributed by atoms with E-state index >= 15 is 0 Å². The first-order chi connectivity index (χ1) is 12.8. The van der Waals surface area contributed by atoms with Crippen LogP contribution in [0.25, 0.3) is 0 Å². The van der Waals surface area contributed by atoms with Crippen molar-refractivity contribution in [3.05, 3.63) is 29.8 Å². The average Bonchev–Trinajstić information content (AvgIpc) is 2.86. The van der Waals surface area contributed by atoms with Gasteiger partial charge in [0.05, 0.1) is 7.11 Å². The molecule has 2 aliphatic rings. The first-order valence-corrected chi connectivity index (χ1v) is 9.15. The van der Waals surface area contributed by atoms with Crippen molar-refractivity contribution in [2.45, 2.75) is 44.3 Å². The summed E-state index contributed by atoms with van der Waals surface area (Å²) in [5.74, 6) is -0.102. The van der Waals surface area contributed by atoms with Gasteiger partial charge in [-0.25, -0.2) is 4.79 Å². The molecule has 1 aromatic rings. The normalized spacial score (nSPS) is 27.0. The summed E-state index contributed by atoms with van der Waals surface area (Å²) in [6.45, 7) is 4.26. The van der Waals surface area contributed by atoms with Gasteiger partial charge in [0.15, 0.2) is 0 Å². The van der Waals surface area contributed by atoms with E-state index in [1.165, 1.54) is 0 Å². The van der Waals surface area contributed by atoms with Crippen molar-refractivity contribution in [1.82, 2.24) is 20.9 Å². The topological polar surface area (TPSA) is 99.8 Å². The molecule has 28 heavy (non-hydrogen) atoms. The molecule has 0 aromatic heterocycles. The van der Waals surface area contributed by atoms with Gasteiger partial charge in [-0.2, -0.15) is 0 Å². The lowest BCUT2D eigenvalue weighted by atomic mass is 9.92. The van der Waals surface area contributed by atoms with Crippen molar-refractivity contribution in [3.8, 4) is 5.75 Å². The van der Waals surface area contributed by atoms with Crippen LogP contribution in [-0.4, -0.2) is 55.0 Å². The molecule has 0 spiro atoms. The predicted molar refractivity (Wildman–Crippen MR) is 106 cm³/mol. The molecular weight excluding hydrogens is 384 g/mol. The molecule has 9 heteroatoms. The first kappa shape index (κ1) is 22.0. The van der Waals surface area contributed by atoms with E-state index < -0.39 is 17.5 Å². The van der Waals surface area contributed by atoms with Crippen LogP contribution in [0.2, 0.25) is 0 Å². The van der Waals surface area contributed by atoms with Crippen LogP contribution in [0.4, 0.5) is 4.79 Å². The largest absolute Gasteiger partial charge is 0.497 e. The molecule has 4 amide bonds. The van der Waals surface area contributed by atoms with Crippen molar-refractivity contribution in [2.24, 2.45) is 0 Å². The third kappa shape index (κ3) is 4.39. The maximum atomic E-state index is 12.9. The molecule has 0 aliphatic carbocycles. The average molecular weight is 411 g/mol. The Bertz CT molecular complexity index is 742. The fourth-order valence-corrected chi connectivity index (χ4v) is 3.64. The number of carbonyl (C=O) groups is 3. The molecule has 0 radical (unpaired) electrons. The van der Waals surface area contributed by atoms with Crippen LogP contribution in [0.5, 0.6) is 5.75 Å². The lowest BCUT2D eigenvalue weighted by molar-refractivity contribution is -0.135. The summed E-state index contributed by atoms with van der Waals surface area (Å²) >= 11 is 0. The molecule has 8 nitrogen and oxygen atoms in total. The van der Waals surface area contributed by atoms with Gasteiger partial charge >= 0.3 is 6.03 Å². The van der Waals surface area contributed by atoms with Crippen LogP contribution >= 0.6 is 12.4 Å². The predicted octanol–water partition coefficient (Wildman–Crippen LogP) is 1.14. The number of methoxy groups -OCH3 is 1. The summed E-state index contributed by atoms with van der Waals surface area (Å²) in [7, 11) is 1.56. The Morgan fingerprint density at radius 2 is 2.00 bits per heavy atom. The Morgan fingerprint density at radius 3 is 2.61 bits per heavy atom. The van der Waals surface area contributed by atoms with E-state index in [0.717, 1.165) is 24.3 Å². The molecule has 1 aromatic carbocycles. The molecule has 0 bridgehead atoms. The van der Waals surface area contributed by atoms with Crippen LogP contribution < -0.4 is 20.7 Å². The highest BCUT2D eigenvalue weighted by Crippen LogP contribution is 2.29. The van der Waals surface area contributed by atoms with Gasteiger partial charge in [-0.3, -0.25) is 14.5 Å². The molecule has 154 valence electrons. The van der Waals surface area contributed by atoms with Crippen LogP contribution in [0.3, 0.4) is 0 Å². The van der Waals surface area contributed by atoms with Crippen LogP contribution in [-0.2, 0) is 15.1 Å². The summed E-state index contributed by atoms with van der Waals surface area (Å²) in [5, 5.41) is 8.96. The zero-order valence-corrected chi connectivity index (χ0v) is 17.1. The number of ether oxygens (including phenoxy) is 1. The molecule has 2 heterocycles. The number of benzene rings is 1. The molecule has 3 atom stereocenters. The molecule has 0 saturated carbocycles. The summed E-state index contributed by atoms with van der Waals surface area (Å²) in [5.41, 5.74) is -0.566. The lowest BCUT2D eigenvalue weighted by Gasteiger charge is -2.29. The summed E-state index contributed by atoms with van der Waals surface area (Å²) < 4.78 is 5.13. The number of carbonyl (C=O) groups excluding carboxylic acids is 3. The first-order valence-electron chi connectivity index (χ1n) is 9.15. The van der Waals surface area contributed by atoms with Gasteiger partial charge in [0, 0.05) is 12.1 Å². The maximum Gasteiger partial charge on any atom is 0.325 e. The van der Waals surface area contributed by atoms with Crippen molar-refractivity contribution in [2.75, 3.05) is 20.2 Å². The zero-order chi connectivity index (χ0) is 19.6. The van der Waals surface area contributed by atoms with Gasteiger partial charge in [-0.15, -0.1) is 12.4 Å². The van der Waals surface area contributed by atoms with Gasteiger partial charge in [0.2, 0.25) is 5.91 Å². The quantitative estimate of drug-likeness (QED) is 0.632. The van der Waals surface area contributed by atoms with Crippen molar-refractivity contribution in [1.29, 1.82) is 0 Å². The Morgan fingerprint density at radius 1 is 1.32 bits per heavy atom. The summed E-state index contributed by atoms with van der Waals surface area (Å²) in [6, 6.07) is 6.75. The fraction of sp³-hybridized carbons (Fsp3) is 0.526. The van der Waals surface area contributed by atoms with Gasteiger partial charge in [0.25, 0.3) is 5.91 Å². The number of piperidine rings is 1. The van der Waals surface area contributed by atoms with Crippen LogP contribution in [0.1, 0.15) is 32.3 Å². The number of nitrogens with zero attached hydrogens (tertiary/aromatic N) is 1. The lowest BCUT2D eigenvalue weighted by Crippen LogP contribution is -2.50. The highest BCUT2D eigenvalue weighted by atomic mass is 35.5. The zero-order valence-electron chi connectivity index (χ0n) is 16.3. The van der Waals surface area contributed by atoms with E-state index in [-0.39, 0.29) is 30.9 Å². The molecule has 2 saturated heterocycles. The number of urea groups is 1. The molecular formula is C19H27ClN4O4. The summed E-state index contributed by atoms with van der Waals surface area (Å²) in [6.07, 6.45) is 1.66. The number of hydrogen-bond acceptors (Lipinski definition) is 5. The second-order valence-electron chi connectivity index (χ2n) is 7.32. The van der Waals surface area contributed by atoms with Crippen molar-refractivity contribution in [3.63, 3.8) is 0 Å². The van der Waals surface area contributed by atoms with Gasteiger partial charge < -0.3 is 20.7 Å². The van der Waals surface area contributed by atoms with Gasteiger partial charge in [-0.1, -0.05) is 12.1 Å². The standard InChI is InChI=1S/C19H26N4O4.ClH/c1-12-10-14(8-9-20-12)21-16(24)11-23-17(25)19(2,22-18(23)26)13-4-6-15(27-3)7-5-13;/h4-7,12,14,20H,8-11H2,1-3H3,(H,21,24)(H,22,26);1H. The van der Waals surface area contributed by atoms with Crippen LogP contribution in [0, 0.1) is 0 Å². The van der Waals surface area contributed by atoms with E-state index in [1.807, 2.05) is 0 Å². The van der Waals surface area contributed by atoms with Gasteiger partial charge in [-0.05, 0) is 50.9 Å². The van der Waals surface area contributed by atoms with E-state index in [0.29, 0.717) is 17.4 Å². The highest BCUT2D eigenvalue weighted by Gasteiger charge is 2.49. The van der Waals surface area contributed by atoms with Gasteiger partial charge in [0.1, 0.15) is 17.8 Å². The SMILES string of the molecule is COc1ccc(C2(C)NC(=O)N(CC(=O)NC3CCNC(C)C3)C2=O)cc1.Cl. The monoisotopic (exact) mass is 410 g/mol. The summed E-state index contributed by atoms with van der Waals surface area (Å²) in [4.78, 5) is 38.6. The number of halogens is 1. The van der Waals surface area contributed by atoms with Crippen LogP contribution in [0.15, 0.2) is 24.3 Å². The smallest absolute Gasteiger partial charge is 0.325 e. The minimum absolute atomic E-state index is 0. The Kier molecular flexibility index (Phi) is 6.90. The molecule has 3 unspecified atom stereocenters. The second-order valence-corrected chi connectivity index (χ2v) is 7.32. The third-order valence-corrected chi connectivity index (χ3v) is 5.23. The Hall–Kier alpha value is -2.32. The third-order valence-electron chi connectivity index (χ3n) is 5.23. The Labute approximate surface area is 170 Å². The minimum Gasteiger partial charge on any atom is -0.497 e. The number of rotatable bonds is 5. The molecule has 2 aliphatic heterocycles.